The number of sulfone groups is 1. The molecule has 110 valence electrons. The Morgan fingerprint density at radius 2 is 1.95 bits per heavy atom. The Kier molecular flexibility index (Phi) is 3.96. The number of carboxylic acid groups (broad SMARTS) is 1. The molecule has 1 aliphatic carbocycles. The molecule has 0 heterocycles. The molecule has 20 heavy (non-hydrogen) atoms. The van der Waals surface area contributed by atoms with Crippen molar-refractivity contribution in [3.05, 3.63) is 34.3 Å². The van der Waals surface area contributed by atoms with E-state index in [1.165, 1.54) is 6.92 Å². The number of hydrogen-bond acceptors (Lipinski definition) is 4. The summed E-state index contributed by atoms with van der Waals surface area (Å²) in [4.78, 5) is 11.6. The maximum atomic E-state index is 12.2. The summed E-state index contributed by atoms with van der Waals surface area (Å²) < 4.78 is 25.2. The molecule has 1 saturated carbocycles. The maximum absolute atomic E-state index is 12.2. The number of rotatable bonds is 5. The Morgan fingerprint density at radius 3 is 2.35 bits per heavy atom. The van der Waals surface area contributed by atoms with Gasteiger partial charge in [-0.2, -0.15) is 0 Å². The second-order valence-corrected chi connectivity index (χ2v) is 8.28. The highest BCUT2D eigenvalue weighted by atomic mass is 79.9. The lowest BCUT2D eigenvalue weighted by Crippen LogP contribution is -2.32. The average Bonchev–Trinajstić information content (AvgIpc) is 3.11. The van der Waals surface area contributed by atoms with E-state index in [9.17, 15) is 18.3 Å². The molecule has 0 aliphatic heterocycles. The minimum Gasteiger partial charge on any atom is -0.481 e. The molecular formula is C13H16BrNO4S. The van der Waals surface area contributed by atoms with E-state index in [1.807, 2.05) is 0 Å². The van der Waals surface area contributed by atoms with Gasteiger partial charge in [0, 0.05) is 22.7 Å². The quantitative estimate of drug-likeness (QED) is 0.825. The lowest BCUT2D eigenvalue weighted by Gasteiger charge is -2.09. The number of carbonyl (C=O) groups is 1. The van der Waals surface area contributed by atoms with E-state index in [0.717, 1.165) is 4.47 Å². The highest BCUT2D eigenvalue weighted by Gasteiger charge is 2.74. The van der Waals surface area contributed by atoms with Gasteiger partial charge >= 0.3 is 5.97 Å². The fraction of sp³-hybridized carbons (Fsp3) is 0.462. The number of benzene rings is 1. The Balaban J connectivity index is 2.50. The summed E-state index contributed by atoms with van der Waals surface area (Å²) in [5.74, 6) is -1.81. The summed E-state index contributed by atoms with van der Waals surface area (Å²) in [6, 6.07) is 7.03. The first-order valence-corrected chi connectivity index (χ1v) is 8.72. The molecular weight excluding hydrogens is 346 g/mol. The largest absolute Gasteiger partial charge is 0.481 e. The van der Waals surface area contributed by atoms with Crippen molar-refractivity contribution >= 4 is 31.7 Å². The standard InChI is InChI=1S/C13H16BrNO4S/c1-2-20(18,19)11-10(13(11,7-15)12(16)17)8-3-5-9(14)6-4-8/h3-6,10-11H,2,7,15H2,1H3,(H,16,17)/t10-,11-,13+/m0/s1. The van der Waals surface area contributed by atoms with Crippen LogP contribution in [-0.4, -0.2) is 37.0 Å². The van der Waals surface area contributed by atoms with Gasteiger partial charge in [-0.1, -0.05) is 35.0 Å². The third kappa shape index (κ3) is 2.17. The highest BCUT2D eigenvalue weighted by Crippen LogP contribution is 2.62. The molecule has 0 amide bonds. The second kappa shape index (κ2) is 5.13. The summed E-state index contributed by atoms with van der Waals surface area (Å²) in [5.41, 5.74) is 4.91. The zero-order valence-corrected chi connectivity index (χ0v) is 13.3. The number of nitrogens with two attached hydrogens (primary N) is 1. The van der Waals surface area contributed by atoms with Crippen LogP contribution in [0.5, 0.6) is 0 Å². The minimum absolute atomic E-state index is 0.0836. The van der Waals surface area contributed by atoms with E-state index in [4.69, 9.17) is 5.73 Å². The molecule has 0 radical (unpaired) electrons. The smallest absolute Gasteiger partial charge is 0.312 e. The topological polar surface area (TPSA) is 97.5 Å². The van der Waals surface area contributed by atoms with Gasteiger partial charge in [0.25, 0.3) is 0 Å². The third-order valence-corrected chi connectivity index (χ3v) is 6.81. The lowest BCUT2D eigenvalue weighted by molar-refractivity contribution is -0.143. The fourth-order valence-electron chi connectivity index (χ4n) is 2.84. The number of carboxylic acids is 1. The van der Waals surface area contributed by atoms with Gasteiger partial charge in [0.05, 0.1) is 5.25 Å². The van der Waals surface area contributed by atoms with E-state index >= 15 is 0 Å². The van der Waals surface area contributed by atoms with Crippen molar-refractivity contribution in [1.82, 2.24) is 0 Å². The molecule has 0 aromatic heterocycles. The van der Waals surface area contributed by atoms with E-state index in [0.29, 0.717) is 5.56 Å². The van der Waals surface area contributed by atoms with Crippen LogP contribution in [0.25, 0.3) is 0 Å². The van der Waals surface area contributed by atoms with Gasteiger partial charge in [0.1, 0.15) is 5.41 Å². The first-order valence-electron chi connectivity index (χ1n) is 6.21. The average molecular weight is 362 g/mol. The van der Waals surface area contributed by atoms with Crippen LogP contribution in [0.3, 0.4) is 0 Å². The number of halogens is 1. The van der Waals surface area contributed by atoms with Crippen molar-refractivity contribution in [3.63, 3.8) is 0 Å². The molecule has 7 heteroatoms. The van der Waals surface area contributed by atoms with Crippen molar-refractivity contribution < 1.29 is 18.3 Å². The monoisotopic (exact) mass is 361 g/mol. The van der Waals surface area contributed by atoms with Crippen LogP contribution in [-0.2, 0) is 14.6 Å². The van der Waals surface area contributed by atoms with Crippen LogP contribution in [0.15, 0.2) is 28.7 Å². The molecule has 0 bridgehead atoms. The van der Waals surface area contributed by atoms with Gasteiger partial charge in [0.15, 0.2) is 9.84 Å². The van der Waals surface area contributed by atoms with Crippen LogP contribution in [0.4, 0.5) is 0 Å². The van der Waals surface area contributed by atoms with Crippen molar-refractivity contribution in [3.8, 4) is 0 Å². The van der Waals surface area contributed by atoms with Gasteiger partial charge in [-0.25, -0.2) is 8.42 Å². The first-order chi connectivity index (χ1) is 9.31. The van der Waals surface area contributed by atoms with Crippen LogP contribution in [0, 0.1) is 5.41 Å². The van der Waals surface area contributed by atoms with Gasteiger partial charge < -0.3 is 10.8 Å². The van der Waals surface area contributed by atoms with Crippen molar-refractivity contribution in [1.29, 1.82) is 0 Å². The summed E-state index contributed by atoms with van der Waals surface area (Å²) in [5, 5.41) is 8.52. The van der Waals surface area contributed by atoms with Crippen molar-refractivity contribution in [2.24, 2.45) is 11.1 Å². The van der Waals surface area contributed by atoms with Crippen LogP contribution in [0.2, 0.25) is 0 Å². The van der Waals surface area contributed by atoms with Gasteiger partial charge in [-0.3, -0.25) is 4.79 Å². The molecule has 0 spiro atoms. The lowest BCUT2D eigenvalue weighted by atomic mass is 9.99. The minimum atomic E-state index is -3.47. The van der Waals surface area contributed by atoms with Gasteiger partial charge in [0.2, 0.25) is 0 Å². The van der Waals surface area contributed by atoms with Crippen molar-refractivity contribution in [2.75, 3.05) is 12.3 Å². The van der Waals surface area contributed by atoms with Gasteiger partial charge in [-0.05, 0) is 17.7 Å². The van der Waals surface area contributed by atoms with E-state index < -0.39 is 32.4 Å². The Morgan fingerprint density at radius 1 is 1.40 bits per heavy atom. The molecule has 3 atom stereocenters. The Hall–Kier alpha value is -0.920. The summed E-state index contributed by atoms with van der Waals surface area (Å²) in [7, 11) is -3.47. The molecule has 0 unspecified atom stereocenters. The molecule has 3 N–H and O–H groups in total. The summed E-state index contributed by atoms with van der Waals surface area (Å²) in [6.07, 6.45) is 0. The molecule has 1 aliphatic rings. The molecule has 1 aromatic carbocycles. The number of hydrogen-bond donors (Lipinski definition) is 2. The summed E-state index contributed by atoms with van der Waals surface area (Å²) in [6.45, 7) is 1.34. The zero-order chi connectivity index (χ0) is 15.1. The second-order valence-electron chi connectivity index (χ2n) is 4.95. The van der Waals surface area contributed by atoms with E-state index in [-0.39, 0.29) is 12.3 Å². The predicted octanol–water partition coefficient (Wildman–Crippen LogP) is 1.38. The molecule has 5 nitrogen and oxygen atoms in total. The highest BCUT2D eigenvalue weighted by molar-refractivity contribution is 9.10. The van der Waals surface area contributed by atoms with Crippen LogP contribution < -0.4 is 5.73 Å². The zero-order valence-electron chi connectivity index (χ0n) is 10.9. The van der Waals surface area contributed by atoms with Crippen molar-refractivity contribution in [2.45, 2.75) is 18.1 Å². The summed E-state index contributed by atoms with van der Waals surface area (Å²) >= 11 is 3.30. The third-order valence-electron chi connectivity index (χ3n) is 4.01. The fourth-order valence-corrected chi connectivity index (χ4v) is 5.18. The van der Waals surface area contributed by atoms with E-state index in [2.05, 4.69) is 15.9 Å². The first kappa shape index (κ1) is 15.5. The normalized spacial score (nSPS) is 29.1. The van der Waals surface area contributed by atoms with Crippen LogP contribution in [0.1, 0.15) is 18.4 Å². The predicted molar refractivity (Wildman–Crippen MR) is 79.3 cm³/mol. The Labute approximate surface area is 126 Å². The van der Waals surface area contributed by atoms with Crippen LogP contribution >= 0.6 is 15.9 Å². The SMILES string of the molecule is CCS(=O)(=O)[C@H]1[C@H](c2ccc(Br)cc2)[C@@]1(CN)C(=O)O. The molecule has 1 aromatic rings. The maximum Gasteiger partial charge on any atom is 0.312 e. The molecule has 0 saturated heterocycles. The Bertz CT molecular complexity index is 628. The molecule has 2 rings (SSSR count). The molecule has 1 fully saturated rings. The van der Waals surface area contributed by atoms with E-state index in [1.54, 1.807) is 24.3 Å². The number of aliphatic carboxylic acids is 1. The van der Waals surface area contributed by atoms with Gasteiger partial charge in [-0.15, -0.1) is 0 Å².